The Bertz CT molecular complexity index is 918. The van der Waals surface area contributed by atoms with E-state index < -0.39 is 0 Å². The summed E-state index contributed by atoms with van der Waals surface area (Å²) < 4.78 is 14.6. The molecule has 2 heterocycles. The Morgan fingerprint density at radius 3 is 2.67 bits per heavy atom. The first-order valence-corrected chi connectivity index (χ1v) is 7.89. The Morgan fingerprint density at radius 1 is 1.25 bits per heavy atom. The zero-order valence-electron chi connectivity index (χ0n) is 14.0. The van der Waals surface area contributed by atoms with Crippen LogP contribution >= 0.6 is 0 Å². The maximum absolute atomic E-state index is 13.1. The maximum atomic E-state index is 13.1. The summed E-state index contributed by atoms with van der Waals surface area (Å²) in [5, 5.41) is 0. The molecule has 0 aliphatic carbocycles. The van der Waals surface area contributed by atoms with Gasteiger partial charge in [-0.25, -0.2) is 9.37 Å². The largest absolute Gasteiger partial charge is 0.294 e. The van der Waals surface area contributed by atoms with Gasteiger partial charge in [0.1, 0.15) is 11.5 Å². The molecule has 0 saturated heterocycles. The molecule has 0 amide bonds. The number of aryl methyl sites for hydroxylation is 1. The number of pyridine rings is 1. The van der Waals surface area contributed by atoms with E-state index in [9.17, 15) is 9.18 Å². The summed E-state index contributed by atoms with van der Waals surface area (Å²) in [7, 11) is 1.97. The summed E-state index contributed by atoms with van der Waals surface area (Å²) in [6.07, 6.45) is 1.73. The minimum absolute atomic E-state index is 0.0819. The molecule has 0 saturated carbocycles. The fourth-order valence-corrected chi connectivity index (χ4v) is 2.78. The van der Waals surface area contributed by atoms with E-state index >= 15 is 0 Å². The highest BCUT2D eigenvalue weighted by atomic mass is 19.1. The van der Waals surface area contributed by atoms with Crippen molar-refractivity contribution in [1.82, 2.24) is 14.3 Å². The minimum Gasteiger partial charge on any atom is -0.294 e. The van der Waals surface area contributed by atoms with Crippen molar-refractivity contribution in [2.75, 3.05) is 7.05 Å². The van der Waals surface area contributed by atoms with Crippen LogP contribution in [0.1, 0.15) is 29.8 Å². The van der Waals surface area contributed by atoms with E-state index in [1.165, 1.54) is 12.1 Å². The first-order valence-electron chi connectivity index (χ1n) is 7.89. The van der Waals surface area contributed by atoms with E-state index in [1.54, 1.807) is 28.8 Å². The van der Waals surface area contributed by atoms with Gasteiger partial charge in [-0.15, -0.1) is 0 Å². The van der Waals surface area contributed by atoms with E-state index in [2.05, 4.69) is 9.88 Å². The Hall–Kier alpha value is -2.53. The second-order valence-corrected chi connectivity index (χ2v) is 6.11. The lowest BCUT2D eigenvalue weighted by Gasteiger charge is -2.24. The number of halogens is 1. The lowest BCUT2D eigenvalue weighted by atomic mass is 10.1. The van der Waals surface area contributed by atoms with Gasteiger partial charge in [-0.3, -0.25) is 14.1 Å². The van der Waals surface area contributed by atoms with E-state index in [1.807, 2.05) is 33.0 Å². The van der Waals surface area contributed by atoms with Crippen LogP contribution in [0, 0.1) is 12.7 Å². The first kappa shape index (κ1) is 16.3. The van der Waals surface area contributed by atoms with E-state index in [0.717, 1.165) is 16.8 Å². The third kappa shape index (κ3) is 3.21. The molecule has 0 aliphatic heterocycles. The molecule has 3 rings (SSSR count). The molecule has 0 radical (unpaired) electrons. The van der Waals surface area contributed by atoms with Crippen molar-refractivity contribution in [3.63, 3.8) is 0 Å². The quantitative estimate of drug-likeness (QED) is 0.738. The van der Waals surface area contributed by atoms with Gasteiger partial charge in [0.25, 0.3) is 5.56 Å². The molecule has 0 aliphatic rings. The number of hydrogen-bond donors (Lipinski definition) is 0. The molecule has 0 fully saturated rings. The Morgan fingerprint density at radius 2 is 1.96 bits per heavy atom. The summed E-state index contributed by atoms with van der Waals surface area (Å²) in [4.78, 5) is 19.0. The summed E-state index contributed by atoms with van der Waals surface area (Å²) in [6.45, 7) is 4.53. The van der Waals surface area contributed by atoms with Crippen LogP contribution in [0.25, 0.3) is 5.65 Å². The second kappa shape index (κ2) is 6.53. The van der Waals surface area contributed by atoms with Crippen molar-refractivity contribution < 1.29 is 4.39 Å². The van der Waals surface area contributed by atoms with Crippen LogP contribution in [-0.2, 0) is 6.54 Å². The highest BCUT2D eigenvalue weighted by Gasteiger charge is 2.14. The Labute approximate surface area is 140 Å². The number of rotatable bonds is 4. The fraction of sp³-hybridized carbons (Fsp3) is 0.263. The van der Waals surface area contributed by atoms with Crippen LogP contribution in [0.5, 0.6) is 0 Å². The maximum Gasteiger partial charge on any atom is 0.258 e. The smallest absolute Gasteiger partial charge is 0.258 e. The molecule has 24 heavy (non-hydrogen) atoms. The van der Waals surface area contributed by atoms with Gasteiger partial charge in [0, 0.05) is 24.8 Å². The predicted molar refractivity (Wildman–Crippen MR) is 92.5 cm³/mol. The number of hydrogen-bond acceptors (Lipinski definition) is 3. The molecule has 0 N–H and O–H groups in total. The first-order chi connectivity index (χ1) is 11.5. The van der Waals surface area contributed by atoms with Crippen molar-refractivity contribution in [2.24, 2.45) is 0 Å². The van der Waals surface area contributed by atoms with Crippen LogP contribution in [0.15, 0.2) is 53.5 Å². The van der Waals surface area contributed by atoms with Gasteiger partial charge in [0.2, 0.25) is 0 Å². The topological polar surface area (TPSA) is 37.6 Å². The minimum atomic E-state index is -0.242. The average Bonchev–Trinajstić information content (AvgIpc) is 2.56. The molecule has 0 bridgehead atoms. The van der Waals surface area contributed by atoms with Crippen LogP contribution < -0.4 is 5.56 Å². The highest BCUT2D eigenvalue weighted by molar-refractivity contribution is 5.46. The Kier molecular flexibility index (Phi) is 4.44. The highest BCUT2D eigenvalue weighted by Crippen LogP contribution is 2.20. The van der Waals surface area contributed by atoms with E-state index in [0.29, 0.717) is 12.2 Å². The van der Waals surface area contributed by atoms with Gasteiger partial charge in [-0.2, -0.15) is 0 Å². The molecule has 5 heteroatoms. The summed E-state index contributed by atoms with van der Waals surface area (Å²) in [5.74, 6) is -0.242. The van der Waals surface area contributed by atoms with Gasteiger partial charge < -0.3 is 0 Å². The van der Waals surface area contributed by atoms with Crippen molar-refractivity contribution in [1.29, 1.82) is 0 Å². The molecule has 1 atom stereocenters. The molecule has 124 valence electrons. The van der Waals surface area contributed by atoms with E-state index in [-0.39, 0.29) is 17.4 Å². The summed E-state index contributed by atoms with van der Waals surface area (Å²) in [6, 6.07) is 11.9. The molecule has 3 aromatic rings. The van der Waals surface area contributed by atoms with E-state index in [4.69, 9.17) is 0 Å². The third-order valence-electron chi connectivity index (χ3n) is 4.36. The molecular formula is C19H20FN3O. The molecule has 4 nitrogen and oxygen atoms in total. The lowest BCUT2D eigenvalue weighted by molar-refractivity contribution is 0.250. The normalized spacial score (nSPS) is 12.7. The van der Waals surface area contributed by atoms with Crippen LogP contribution in [0.3, 0.4) is 0 Å². The van der Waals surface area contributed by atoms with Crippen molar-refractivity contribution >= 4 is 5.65 Å². The predicted octanol–water partition coefficient (Wildman–Crippen LogP) is 3.34. The van der Waals surface area contributed by atoms with Gasteiger partial charge in [-0.1, -0.05) is 18.2 Å². The molecule has 0 unspecified atom stereocenters. The number of fused-ring (bicyclic) bond motifs is 1. The molecular weight excluding hydrogens is 305 g/mol. The zero-order valence-corrected chi connectivity index (χ0v) is 14.0. The standard InChI is InChI=1S/C19H20FN3O/c1-13-5-4-10-23-18(24)11-17(21-19(13)23)12-22(3)14(2)15-6-8-16(20)9-7-15/h4-11,14H,12H2,1-3H3/t14-/m0/s1. The second-order valence-electron chi connectivity index (χ2n) is 6.11. The van der Waals surface area contributed by atoms with Gasteiger partial charge in [0.15, 0.2) is 0 Å². The Balaban J connectivity index is 1.87. The van der Waals surface area contributed by atoms with Crippen LogP contribution in [0.2, 0.25) is 0 Å². The van der Waals surface area contributed by atoms with Gasteiger partial charge >= 0.3 is 0 Å². The number of nitrogens with zero attached hydrogens (tertiary/aromatic N) is 3. The average molecular weight is 325 g/mol. The molecule has 0 spiro atoms. The van der Waals surface area contributed by atoms with Crippen LogP contribution in [-0.4, -0.2) is 21.3 Å². The van der Waals surface area contributed by atoms with Gasteiger partial charge in [0.05, 0.1) is 5.69 Å². The van der Waals surface area contributed by atoms with Crippen LogP contribution in [0.4, 0.5) is 4.39 Å². The molecule has 2 aromatic heterocycles. The van der Waals surface area contributed by atoms with Gasteiger partial charge in [-0.05, 0) is 50.2 Å². The SMILES string of the molecule is Cc1cccn2c(=O)cc(CN(C)[C@@H](C)c3ccc(F)cc3)nc12. The van der Waals surface area contributed by atoms with Crippen molar-refractivity contribution in [3.8, 4) is 0 Å². The number of benzene rings is 1. The zero-order chi connectivity index (χ0) is 17.3. The summed E-state index contributed by atoms with van der Waals surface area (Å²) in [5.41, 5.74) is 3.31. The molecule has 1 aromatic carbocycles. The third-order valence-corrected chi connectivity index (χ3v) is 4.36. The summed E-state index contributed by atoms with van der Waals surface area (Å²) >= 11 is 0. The van der Waals surface area contributed by atoms with Crippen molar-refractivity contribution in [3.05, 3.63) is 81.7 Å². The lowest BCUT2D eigenvalue weighted by Crippen LogP contribution is -2.24. The number of aromatic nitrogens is 2. The van der Waals surface area contributed by atoms with Crippen molar-refractivity contribution in [2.45, 2.75) is 26.4 Å². The fourth-order valence-electron chi connectivity index (χ4n) is 2.78. The monoisotopic (exact) mass is 325 g/mol.